The van der Waals surface area contributed by atoms with Crippen LogP contribution >= 0.6 is 0 Å². The number of halogens is 6. The van der Waals surface area contributed by atoms with Crippen LogP contribution in [-0.4, -0.2) is 27.5 Å². The van der Waals surface area contributed by atoms with Gasteiger partial charge in [0.1, 0.15) is 11.8 Å². The van der Waals surface area contributed by atoms with Crippen molar-refractivity contribution < 1.29 is 53.6 Å². The molecule has 0 saturated carbocycles. The van der Waals surface area contributed by atoms with Gasteiger partial charge in [0.15, 0.2) is 0 Å². The Morgan fingerprint density at radius 3 is 1.70 bits per heavy atom. The van der Waals surface area contributed by atoms with Crippen molar-refractivity contribution in [3.63, 3.8) is 0 Å². The first-order valence-electron chi connectivity index (χ1n) is 8.48. The van der Waals surface area contributed by atoms with Gasteiger partial charge in [0.05, 0.1) is 6.10 Å². The monoisotopic (exact) mass is 449 g/mol. The Balaban J connectivity index is -0.000000342. The predicted molar refractivity (Wildman–Crippen MR) is 89.5 cm³/mol. The summed E-state index contributed by atoms with van der Waals surface area (Å²) >= 11 is 0. The third-order valence-electron chi connectivity index (χ3n) is 2.55. The molecule has 0 aliphatic rings. The maximum absolute atomic E-state index is 12.4. The quantitative estimate of drug-likeness (QED) is 0.444. The van der Waals surface area contributed by atoms with E-state index in [-0.39, 0.29) is 22.6 Å². The van der Waals surface area contributed by atoms with E-state index in [1.54, 1.807) is 0 Å². The van der Waals surface area contributed by atoms with E-state index in [1.807, 2.05) is 41.5 Å². The molecule has 10 heteroatoms. The van der Waals surface area contributed by atoms with Crippen molar-refractivity contribution in [1.29, 1.82) is 0 Å². The number of pyridine rings is 1. The van der Waals surface area contributed by atoms with Crippen LogP contribution in [0.5, 0.6) is 0 Å². The van der Waals surface area contributed by atoms with E-state index in [1.165, 1.54) is 0 Å². The molecular formula is C17H29F6FeNO2. The zero-order valence-electron chi connectivity index (χ0n) is 16.3. The van der Waals surface area contributed by atoms with E-state index >= 15 is 0 Å². The number of aliphatic hydroxyl groups excluding tert-OH is 2. The average Bonchev–Trinajstić information content (AvgIpc) is 2.63. The Morgan fingerprint density at radius 1 is 0.889 bits per heavy atom. The molecule has 0 fully saturated rings. The number of nitrogens with zero attached hydrogens (tertiary/aromatic N) is 1. The van der Waals surface area contributed by atoms with E-state index < -0.39 is 43.1 Å². The molecule has 1 aromatic heterocycles. The van der Waals surface area contributed by atoms with Crippen molar-refractivity contribution in [3.05, 3.63) is 29.6 Å². The molecule has 0 aliphatic carbocycles. The molecule has 0 aliphatic heterocycles. The number of hydrogen-bond donors (Lipinski definition) is 2. The van der Waals surface area contributed by atoms with Gasteiger partial charge in [-0.2, -0.15) is 26.3 Å². The first kappa shape index (κ1) is 33.7. The third kappa shape index (κ3) is 14.8. The Morgan fingerprint density at radius 2 is 1.33 bits per heavy atom. The normalized spacial score (nSPS) is 12.5. The molecule has 2 N–H and O–H groups in total. The number of alkyl halides is 6. The number of rotatable bonds is 4. The number of aromatic nitrogens is 1. The minimum Gasteiger partial charge on any atom is -0.388 e. The fourth-order valence-electron chi connectivity index (χ4n) is 1.46. The van der Waals surface area contributed by atoms with E-state index in [2.05, 4.69) is 4.98 Å². The van der Waals surface area contributed by atoms with Gasteiger partial charge in [0, 0.05) is 23.3 Å². The van der Waals surface area contributed by atoms with Crippen molar-refractivity contribution in [2.45, 2.75) is 78.9 Å². The van der Waals surface area contributed by atoms with Crippen LogP contribution in [0.25, 0.3) is 0 Å². The molecule has 0 amide bonds. The molecule has 0 aromatic carbocycles. The van der Waals surface area contributed by atoms with Gasteiger partial charge in [-0.1, -0.05) is 41.5 Å². The Kier molecular flexibility index (Phi) is 21.6. The van der Waals surface area contributed by atoms with Crippen LogP contribution in [0.3, 0.4) is 0 Å². The molecule has 1 heterocycles. The first-order chi connectivity index (χ1) is 12.0. The van der Waals surface area contributed by atoms with Crippen molar-refractivity contribution in [2.75, 3.05) is 0 Å². The summed E-state index contributed by atoms with van der Waals surface area (Å²) in [6.07, 6.45) is -14.2. The minimum atomic E-state index is -4.82. The average molecular weight is 449 g/mol. The molecule has 1 rings (SSSR count). The number of hydrogen-bond acceptors (Lipinski definition) is 3. The van der Waals surface area contributed by atoms with Gasteiger partial charge in [-0.05, 0) is 30.5 Å². The van der Waals surface area contributed by atoms with Crippen molar-refractivity contribution in [1.82, 2.24) is 4.98 Å². The number of aliphatic hydroxyl groups is 2. The molecule has 0 bridgehead atoms. The van der Waals surface area contributed by atoms with Crippen molar-refractivity contribution in [3.8, 4) is 0 Å². The first-order valence-corrected chi connectivity index (χ1v) is 8.48. The van der Waals surface area contributed by atoms with Crippen molar-refractivity contribution in [2.24, 2.45) is 0 Å². The van der Waals surface area contributed by atoms with E-state index in [4.69, 9.17) is 5.11 Å². The summed E-state index contributed by atoms with van der Waals surface area (Å²) in [4.78, 5) is 3.06. The summed E-state index contributed by atoms with van der Waals surface area (Å²) in [6, 6.07) is 1.63. The fourth-order valence-corrected chi connectivity index (χ4v) is 1.46. The third-order valence-corrected chi connectivity index (χ3v) is 2.55. The summed E-state index contributed by atoms with van der Waals surface area (Å²) in [7, 11) is 0. The van der Waals surface area contributed by atoms with Crippen LogP contribution in [0.4, 0.5) is 26.3 Å². The molecule has 0 saturated heterocycles. The molecular weight excluding hydrogens is 420 g/mol. The van der Waals surface area contributed by atoms with Gasteiger partial charge < -0.3 is 10.2 Å². The van der Waals surface area contributed by atoms with Crippen LogP contribution in [-0.2, 0) is 23.2 Å². The van der Waals surface area contributed by atoms with Gasteiger partial charge in [-0.3, -0.25) is 4.98 Å². The molecule has 3 nitrogen and oxygen atoms in total. The summed E-state index contributed by atoms with van der Waals surface area (Å²) in [5.41, 5.74) is -1.45. The standard InChI is InChI=1S/C11H11F6NO2.3C2H6.Fe/c12-10(13,14)8-5-6(3-4-18-8)7(19)1-2-9(20)11(15,16)17;3*1-2;/h3-5,7,9,19-20H,1-2H2;3*1-2H3;. The Bertz CT molecular complexity index is 456. The Hall–Kier alpha value is -0.831. The predicted octanol–water partition coefficient (Wildman–Crippen LogP) is 5.91. The summed E-state index contributed by atoms with van der Waals surface area (Å²) in [6.45, 7) is 12.0. The van der Waals surface area contributed by atoms with Crippen LogP contribution in [0.1, 0.15) is 71.7 Å². The fraction of sp³-hybridized carbons (Fsp3) is 0.706. The zero-order valence-corrected chi connectivity index (χ0v) is 17.4. The van der Waals surface area contributed by atoms with Gasteiger partial charge in [-0.15, -0.1) is 0 Å². The molecule has 164 valence electrons. The molecule has 27 heavy (non-hydrogen) atoms. The van der Waals surface area contributed by atoms with Gasteiger partial charge in [0.25, 0.3) is 0 Å². The van der Waals surface area contributed by atoms with Crippen LogP contribution in [0, 0.1) is 0 Å². The van der Waals surface area contributed by atoms with Crippen LogP contribution in [0.2, 0.25) is 0 Å². The van der Waals surface area contributed by atoms with E-state index in [0.717, 1.165) is 12.3 Å². The van der Waals surface area contributed by atoms with Crippen LogP contribution < -0.4 is 0 Å². The molecule has 2 atom stereocenters. The van der Waals surface area contributed by atoms with Gasteiger partial charge >= 0.3 is 12.4 Å². The SMILES string of the molecule is CC.CC.CC.OC(CCC(O)C(F)(F)F)c1ccnc(C(F)(F)F)c1.[Fe]. The second kappa shape index (κ2) is 17.3. The summed E-state index contributed by atoms with van der Waals surface area (Å²) < 4.78 is 73.2. The Labute approximate surface area is 167 Å². The molecule has 0 spiro atoms. The largest absolute Gasteiger partial charge is 0.433 e. The molecule has 1 aromatic rings. The van der Waals surface area contributed by atoms with Gasteiger partial charge in [0.2, 0.25) is 0 Å². The van der Waals surface area contributed by atoms with E-state index in [9.17, 15) is 31.4 Å². The van der Waals surface area contributed by atoms with Crippen molar-refractivity contribution >= 4 is 0 Å². The molecule has 2 unspecified atom stereocenters. The maximum atomic E-state index is 12.4. The van der Waals surface area contributed by atoms with E-state index in [0.29, 0.717) is 6.07 Å². The molecule has 0 radical (unpaired) electrons. The maximum Gasteiger partial charge on any atom is 0.433 e. The summed E-state index contributed by atoms with van der Waals surface area (Å²) in [5, 5.41) is 18.3. The zero-order chi connectivity index (χ0) is 21.6. The topological polar surface area (TPSA) is 53.4 Å². The summed E-state index contributed by atoms with van der Waals surface area (Å²) in [5.74, 6) is 0. The second-order valence-corrected chi connectivity index (χ2v) is 4.12. The smallest absolute Gasteiger partial charge is 0.388 e. The van der Waals surface area contributed by atoms with Gasteiger partial charge in [-0.25, -0.2) is 0 Å². The minimum absolute atomic E-state index is 0. The van der Waals surface area contributed by atoms with Crippen LogP contribution in [0.15, 0.2) is 18.3 Å². The second-order valence-electron chi connectivity index (χ2n) is 4.12.